The molecule has 1 aliphatic rings. The fourth-order valence-corrected chi connectivity index (χ4v) is 4.57. The molecule has 3 aromatic rings. The zero-order chi connectivity index (χ0) is 21.8. The Morgan fingerprint density at radius 1 is 1.16 bits per heavy atom. The smallest absolute Gasteiger partial charge is 0.231 e. The summed E-state index contributed by atoms with van der Waals surface area (Å²) in [5.41, 5.74) is 1.65. The number of aromatic nitrogens is 2. The standard InChI is InChI=1S/C23H24N4O3S/c1-3-19-25-26-23(31-19)24-22(29)18-13-14-20(28)27(16-9-11-17(30-2)12-10-16)21(18)15-7-5-4-6-8-15/h4-12,18,21H,3,13-14H2,1-2H3,(H,24,26,29)/t18-,21+/m1/s1. The Balaban J connectivity index is 1.69. The zero-order valence-corrected chi connectivity index (χ0v) is 18.3. The summed E-state index contributed by atoms with van der Waals surface area (Å²) in [6.07, 6.45) is 1.53. The highest BCUT2D eigenvalue weighted by Gasteiger charge is 2.41. The van der Waals surface area contributed by atoms with E-state index in [1.807, 2.05) is 61.5 Å². The number of hydrogen-bond donors (Lipinski definition) is 1. The summed E-state index contributed by atoms with van der Waals surface area (Å²) in [4.78, 5) is 28.1. The topological polar surface area (TPSA) is 84.4 Å². The number of carbonyl (C=O) groups is 2. The molecule has 7 nitrogen and oxygen atoms in total. The van der Waals surface area contributed by atoms with Gasteiger partial charge in [-0.05, 0) is 42.7 Å². The van der Waals surface area contributed by atoms with Gasteiger partial charge < -0.3 is 15.0 Å². The first-order chi connectivity index (χ1) is 15.1. The van der Waals surface area contributed by atoms with Crippen molar-refractivity contribution in [2.75, 3.05) is 17.3 Å². The van der Waals surface area contributed by atoms with Crippen molar-refractivity contribution in [2.24, 2.45) is 5.92 Å². The van der Waals surface area contributed by atoms with Gasteiger partial charge in [0.05, 0.1) is 19.1 Å². The van der Waals surface area contributed by atoms with Crippen molar-refractivity contribution >= 4 is 34.0 Å². The van der Waals surface area contributed by atoms with Crippen LogP contribution in [0.2, 0.25) is 0 Å². The summed E-state index contributed by atoms with van der Waals surface area (Å²) in [5.74, 6) is 0.129. The van der Waals surface area contributed by atoms with Crippen LogP contribution in [0.1, 0.15) is 36.4 Å². The summed E-state index contributed by atoms with van der Waals surface area (Å²) in [7, 11) is 1.60. The van der Waals surface area contributed by atoms with Crippen LogP contribution in [0.15, 0.2) is 54.6 Å². The molecule has 1 aliphatic heterocycles. The first kappa shape index (κ1) is 21.0. The molecule has 2 atom stereocenters. The molecular weight excluding hydrogens is 412 g/mol. The summed E-state index contributed by atoms with van der Waals surface area (Å²) in [5, 5.41) is 12.4. The Labute approximate surface area is 185 Å². The number of methoxy groups -OCH3 is 1. The van der Waals surface area contributed by atoms with Gasteiger partial charge in [-0.3, -0.25) is 9.59 Å². The Morgan fingerprint density at radius 2 is 1.90 bits per heavy atom. The molecule has 1 saturated heterocycles. The second-order valence-electron chi connectivity index (χ2n) is 7.31. The molecule has 2 aromatic carbocycles. The molecule has 160 valence electrons. The Hall–Kier alpha value is -3.26. The van der Waals surface area contributed by atoms with Gasteiger partial charge in [-0.15, -0.1) is 10.2 Å². The number of anilines is 2. The lowest BCUT2D eigenvalue weighted by molar-refractivity contribution is -0.125. The zero-order valence-electron chi connectivity index (χ0n) is 17.4. The largest absolute Gasteiger partial charge is 0.497 e. The van der Waals surface area contributed by atoms with Crippen molar-refractivity contribution in [3.63, 3.8) is 0 Å². The number of amides is 2. The number of nitrogens with zero attached hydrogens (tertiary/aromatic N) is 3. The van der Waals surface area contributed by atoms with Crippen LogP contribution in [0.25, 0.3) is 0 Å². The maximum Gasteiger partial charge on any atom is 0.231 e. The van der Waals surface area contributed by atoms with E-state index >= 15 is 0 Å². The molecule has 8 heteroatoms. The van der Waals surface area contributed by atoms with Gasteiger partial charge in [0, 0.05) is 12.1 Å². The van der Waals surface area contributed by atoms with E-state index in [-0.39, 0.29) is 11.8 Å². The van der Waals surface area contributed by atoms with E-state index in [0.29, 0.717) is 23.7 Å². The number of nitrogens with one attached hydrogen (secondary N) is 1. The van der Waals surface area contributed by atoms with Crippen LogP contribution in [0.5, 0.6) is 5.75 Å². The van der Waals surface area contributed by atoms with E-state index in [0.717, 1.165) is 22.7 Å². The van der Waals surface area contributed by atoms with E-state index < -0.39 is 12.0 Å². The fraction of sp³-hybridized carbons (Fsp3) is 0.304. The van der Waals surface area contributed by atoms with Gasteiger partial charge in [0.15, 0.2) is 0 Å². The highest BCUT2D eigenvalue weighted by molar-refractivity contribution is 7.15. The second-order valence-corrected chi connectivity index (χ2v) is 8.37. The number of rotatable bonds is 6. The Morgan fingerprint density at radius 3 is 2.55 bits per heavy atom. The molecule has 0 spiro atoms. The van der Waals surface area contributed by atoms with Crippen molar-refractivity contribution in [1.82, 2.24) is 10.2 Å². The first-order valence-corrected chi connectivity index (χ1v) is 11.1. The molecule has 1 N–H and O–H groups in total. The molecular formula is C23H24N4O3S. The van der Waals surface area contributed by atoms with Crippen LogP contribution in [0, 0.1) is 5.92 Å². The monoisotopic (exact) mass is 436 g/mol. The number of carbonyl (C=O) groups excluding carboxylic acids is 2. The molecule has 0 bridgehead atoms. The summed E-state index contributed by atoms with van der Waals surface area (Å²) in [6.45, 7) is 2.00. The second kappa shape index (κ2) is 9.26. The average molecular weight is 437 g/mol. The van der Waals surface area contributed by atoms with Gasteiger partial charge in [-0.25, -0.2) is 0 Å². The van der Waals surface area contributed by atoms with E-state index in [2.05, 4.69) is 15.5 Å². The predicted molar refractivity (Wildman–Crippen MR) is 120 cm³/mol. The normalized spacial score (nSPS) is 18.6. The quantitative estimate of drug-likeness (QED) is 0.625. The van der Waals surface area contributed by atoms with Gasteiger partial charge >= 0.3 is 0 Å². The molecule has 0 aliphatic carbocycles. The molecule has 0 radical (unpaired) electrons. The van der Waals surface area contributed by atoms with Crippen LogP contribution in [-0.2, 0) is 16.0 Å². The van der Waals surface area contributed by atoms with E-state index in [1.54, 1.807) is 12.0 Å². The third-order valence-electron chi connectivity index (χ3n) is 5.43. The maximum absolute atomic E-state index is 13.3. The highest BCUT2D eigenvalue weighted by atomic mass is 32.1. The van der Waals surface area contributed by atoms with Crippen molar-refractivity contribution in [1.29, 1.82) is 0 Å². The number of piperidine rings is 1. The van der Waals surface area contributed by atoms with Crippen molar-refractivity contribution in [3.05, 3.63) is 65.2 Å². The minimum atomic E-state index is -0.422. The Kier molecular flexibility index (Phi) is 6.27. The SMILES string of the molecule is CCc1nnc(NC(=O)[C@@H]2CCC(=O)N(c3ccc(OC)cc3)[C@H]2c2ccccc2)s1. The minimum absolute atomic E-state index is 0.00717. The van der Waals surface area contributed by atoms with Crippen LogP contribution in [0.4, 0.5) is 10.8 Å². The lowest BCUT2D eigenvalue weighted by Gasteiger charge is -2.40. The van der Waals surface area contributed by atoms with Gasteiger partial charge in [0.25, 0.3) is 0 Å². The van der Waals surface area contributed by atoms with Gasteiger partial charge in [-0.1, -0.05) is 48.6 Å². The molecule has 2 amide bonds. The summed E-state index contributed by atoms with van der Waals surface area (Å²) in [6, 6.07) is 16.6. The van der Waals surface area contributed by atoms with E-state index in [1.165, 1.54) is 11.3 Å². The molecule has 0 saturated carbocycles. The van der Waals surface area contributed by atoms with Gasteiger partial charge in [0.2, 0.25) is 16.9 Å². The van der Waals surface area contributed by atoms with Gasteiger partial charge in [0.1, 0.15) is 10.8 Å². The third kappa shape index (κ3) is 4.44. The molecule has 4 rings (SSSR count). The number of hydrogen-bond acceptors (Lipinski definition) is 6. The predicted octanol–water partition coefficient (Wildman–Crippen LogP) is 4.23. The maximum atomic E-state index is 13.3. The third-order valence-corrected chi connectivity index (χ3v) is 6.41. The molecule has 1 aromatic heterocycles. The van der Waals surface area contributed by atoms with Crippen molar-refractivity contribution in [2.45, 2.75) is 32.2 Å². The fourth-order valence-electron chi connectivity index (χ4n) is 3.89. The number of aryl methyl sites for hydroxylation is 1. The van der Waals surface area contributed by atoms with Crippen LogP contribution < -0.4 is 15.0 Å². The van der Waals surface area contributed by atoms with Crippen LogP contribution in [0.3, 0.4) is 0 Å². The number of benzene rings is 2. The average Bonchev–Trinajstić information content (AvgIpc) is 3.27. The Bertz CT molecular complexity index is 1050. The first-order valence-electron chi connectivity index (χ1n) is 10.2. The highest BCUT2D eigenvalue weighted by Crippen LogP contribution is 2.41. The lowest BCUT2D eigenvalue weighted by Crippen LogP contribution is -2.46. The van der Waals surface area contributed by atoms with Crippen molar-refractivity contribution < 1.29 is 14.3 Å². The molecule has 1 fully saturated rings. The molecule has 0 unspecified atom stereocenters. The van der Waals surface area contributed by atoms with E-state index in [9.17, 15) is 9.59 Å². The molecule has 2 heterocycles. The lowest BCUT2D eigenvalue weighted by atomic mass is 9.83. The van der Waals surface area contributed by atoms with Crippen LogP contribution >= 0.6 is 11.3 Å². The van der Waals surface area contributed by atoms with Crippen molar-refractivity contribution in [3.8, 4) is 5.75 Å². The van der Waals surface area contributed by atoms with Crippen LogP contribution in [-0.4, -0.2) is 29.1 Å². The van der Waals surface area contributed by atoms with Gasteiger partial charge in [-0.2, -0.15) is 0 Å². The molecule has 31 heavy (non-hydrogen) atoms. The summed E-state index contributed by atoms with van der Waals surface area (Å²) < 4.78 is 5.25. The summed E-state index contributed by atoms with van der Waals surface area (Å²) >= 11 is 1.38. The minimum Gasteiger partial charge on any atom is -0.497 e. The number of ether oxygens (including phenoxy) is 1. The van der Waals surface area contributed by atoms with E-state index in [4.69, 9.17) is 4.74 Å².